The maximum Gasteiger partial charge on any atom is 0.255 e. The van der Waals surface area contributed by atoms with Gasteiger partial charge >= 0.3 is 0 Å². The highest BCUT2D eigenvalue weighted by Crippen LogP contribution is 2.28. The van der Waals surface area contributed by atoms with Crippen LogP contribution in [-0.4, -0.2) is 21.4 Å². The molecule has 122 valence electrons. The molecule has 0 aliphatic carbocycles. The quantitative estimate of drug-likeness (QED) is 0.859. The van der Waals surface area contributed by atoms with Gasteiger partial charge in [-0.3, -0.25) is 4.79 Å². The lowest BCUT2D eigenvalue weighted by molar-refractivity contribution is 0.102. The maximum absolute atomic E-state index is 12.3. The van der Waals surface area contributed by atoms with Crippen molar-refractivity contribution in [2.24, 2.45) is 5.14 Å². The fraction of sp³-hybridized carbons (Fsp3) is 0.0714. The molecule has 0 radical (unpaired) electrons. The number of halogens is 2. The zero-order chi connectivity index (χ0) is 17.2. The number of rotatable bonds is 4. The van der Waals surface area contributed by atoms with Crippen LogP contribution in [0.1, 0.15) is 10.4 Å². The first-order valence-corrected chi connectivity index (χ1v) is 8.50. The zero-order valence-corrected chi connectivity index (χ0v) is 14.2. The highest BCUT2D eigenvalue weighted by Gasteiger charge is 2.17. The van der Waals surface area contributed by atoms with Crippen molar-refractivity contribution in [2.45, 2.75) is 4.90 Å². The van der Waals surface area contributed by atoms with Crippen molar-refractivity contribution < 1.29 is 17.9 Å². The molecular weight excluding hydrogens is 363 g/mol. The largest absolute Gasteiger partial charge is 0.495 e. The van der Waals surface area contributed by atoms with Gasteiger partial charge in [0.2, 0.25) is 10.0 Å². The van der Waals surface area contributed by atoms with E-state index in [1.165, 1.54) is 25.3 Å². The SMILES string of the molecule is COc1ccc(Cl)cc1NC(=O)c1ccc(Cl)c(S(N)(=O)=O)c1. The van der Waals surface area contributed by atoms with Crippen LogP contribution in [0.4, 0.5) is 5.69 Å². The number of anilines is 1. The maximum atomic E-state index is 12.3. The predicted octanol–water partition coefficient (Wildman–Crippen LogP) is 2.90. The Bertz CT molecular complexity index is 869. The molecule has 0 atom stereocenters. The van der Waals surface area contributed by atoms with Crippen LogP contribution in [0.15, 0.2) is 41.3 Å². The molecule has 3 N–H and O–H groups in total. The molecule has 0 heterocycles. The molecule has 0 saturated carbocycles. The Balaban J connectivity index is 2.37. The molecule has 0 aliphatic heterocycles. The molecule has 9 heteroatoms. The highest BCUT2D eigenvalue weighted by atomic mass is 35.5. The minimum Gasteiger partial charge on any atom is -0.495 e. The van der Waals surface area contributed by atoms with Gasteiger partial charge in [0.25, 0.3) is 5.91 Å². The average molecular weight is 375 g/mol. The summed E-state index contributed by atoms with van der Waals surface area (Å²) < 4.78 is 28.0. The van der Waals surface area contributed by atoms with Gasteiger partial charge in [-0.25, -0.2) is 13.6 Å². The minimum absolute atomic E-state index is 0.0654. The number of primary sulfonamides is 1. The summed E-state index contributed by atoms with van der Waals surface area (Å²) in [5.41, 5.74) is 0.414. The third-order valence-electron chi connectivity index (χ3n) is 2.91. The van der Waals surface area contributed by atoms with Gasteiger partial charge in [-0.15, -0.1) is 0 Å². The van der Waals surface area contributed by atoms with E-state index in [1.54, 1.807) is 12.1 Å². The molecule has 0 unspecified atom stereocenters. The van der Waals surface area contributed by atoms with E-state index in [0.717, 1.165) is 6.07 Å². The van der Waals surface area contributed by atoms with Crippen LogP contribution in [0.3, 0.4) is 0 Å². The van der Waals surface area contributed by atoms with Crippen molar-refractivity contribution in [3.8, 4) is 5.75 Å². The van der Waals surface area contributed by atoms with Crippen LogP contribution in [-0.2, 0) is 10.0 Å². The Hall–Kier alpha value is -1.80. The zero-order valence-electron chi connectivity index (χ0n) is 11.8. The van der Waals surface area contributed by atoms with E-state index in [0.29, 0.717) is 16.5 Å². The van der Waals surface area contributed by atoms with Gasteiger partial charge in [0, 0.05) is 10.6 Å². The number of nitrogens with two attached hydrogens (primary N) is 1. The summed E-state index contributed by atoms with van der Waals surface area (Å²) in [6.45, 7) is 0. The number of hydrogen-bond donors (Lipinski definition) is 2. The van der Waals surface area contributed by atoms with Gasteiger partial charge in [-0.1, -0.05) is 23.2 Å². The highest BCUT2D eigenvalue weighted by molar-refractivity contribution is 7.89. The van der Waals surface area contributed by atoms with Crippen LogP contribution in [0.5, 0.6) is 5.75 Å². The Morgan fingerprint density at radius 2 is 1.87 bits per heavy atom. The first-order valence-electron chi connectivity index (χ1n) is 6.19. The van der Waals surface area contributed by atoms with Gasteiger partial charge in [0.05, 0.1) is 17.8 Å². The van der Waals surface area contributed by atoms with Crippen LogP contribution >= 0.6 is 23.2 Å². The van der Waals surface area contributed by atoms with Crippen LogP contribution in [0, 0.1) is 0 Å². The van der Waals surface area contributed by atoms with E-state index in [1.807, 2.05) is 0 Å². The van der Waals surface area contributed by atoms with Crippen LogP contribution < -0.4 is 15.2 Å². The Morgan fingerprint density at radius 1 is 1.17 bits per heavy atom. The first kappa shape index (κ1) is 17.6. The number of carbonyl (C=O) groups excluding carboxylic acids is 1. The van der Waals surface area contributed by atoms with Crippen molar-refractivity contribution in [3.63, 3.8) is 0 Å². The van der Waals surface area contributed by atoms with E-state index in [4.69, 9.17) is 33.1 Å². The van der Waals surface area contributed by atoms with Crippen LogP contribution in [0.2, 0.25) is 10.0 Å². The molecule has 1 amide bonds. The Labute approximate surface area is 143 Å². The lowest BCUT2D eigenvalue weighted by Gasteiger charge is -2.11. The summed E-state index contributed by atoms with van der Waals surface area (Å²) >= 11 is 11.7. The number of methoxy groups -OCH3 is 1. The molecule has 0 fully saturated rings. The number of hydrogen-bond acceptors (Lipinski definition) is 4. The smallest absolute Gasteiger partial charge is 0.255 e. The third kappa shape index (κ3) is 4.14. The second-order valence-corrected chi connectivity index (χ2v) is 6.86. The summed E-state index contributed by atoms with van der Waals surface area (Å²) in [6, 6.07) is 8.47. The van der Waals surface area contributed by atoms with Crippen molar-refractivity contribution in [1.29, 1.82) is 0 Å². The third-order valence-corrected chi connectivity index (χ3v) is 4.54. The fourth-order valence-corrected chi connectivity index (χ4v) is 3.08. The lowest BCUT2D eigenvalue weighted by Crippen LogP contribution is -2.16. The standard InChI is InChI=1S/C14H12Cl2N2O4S/c1-22-12-5-3-9(15)7-11(12)18-14(19)8-2-4-10(16)13(6-8)23(17,20)21/h2-7H,1H3,(H,18,19)(H2,17,20,21). The molecule has 23 heavy (non-hydrogen) atoms. The summed E-state index contributed by atoms with van der Waals surface area (Å²) in [7, 11) is -2.59. The van der Waals surface area contributed by atoms with E-state index in [-0.39, 0.29) is 15.5 Å². The van der Waals surface area contributed by atoms with Gasteiger partial charge in [-0.05, 0) is 36.4 Å². The number of carbonyl (C=O) groups is 1. The molecule has 0 bridgehead atoms. The molecule has 6 nitrogen and oxygen atoms in total. The summed E-state index contributed by atoms with van der Waals surface area (Å²) in [6.07, 6.45) is 0. The summed E-state index contributed by atoms with van der Waals surface area (Å²) in [5, 5.41) is 7.99. The van der Waals surface area contributed by atoms with Gasteiger partial charge < -0.3 is 10.1 Å². The molecule has 2 rings (SSSR count). The Kier molecular flexibility index (Phi) is 5.16. The first-order chi connectivity index (χ1) is 10.7. The van der Waals surface area contributed by atoms with Gasteiger partial charge in [-0.2, -0.15) is 0 Å². The molecule has 2 aromatic carbocycles. The number of sulfonamides is 1. The van der Waals surface area contributed by atoms with Crippen molar-refractivity contribution in [1.82, 2.24) is 0 Å². The predicted molar refractivity (Wildman–Crippen MR) is 88.8 cm³/mol. The minimum atomic E-state index is -4.04. The second-order valence-electron chi connectivity index (χ2n) is 4.49. The van der Waals surface area contributed by atoms with E-state index in [9.17, 15) is 13.2 Å². The number of ether oxygens (including phenoxy) is 1. The van der Waals surface area contributed by atoms with E-state index < -0.39 is 15.9 Å². The number of amides is 1. The van der Waals surface area contributed by atoms with E-state index >= 15 is 0 Å². The number of nitrogens with one attached hydrogen (secondary N) is 1. The molecule has 2 aromatic rings. The topological polar surface area (TPSA) is 98.5 Å². The average Bonchev–Trinajstić information content (AvgIpc) is 2.46. The van der Waals surface area contributed by atoms with Gasteiger partial charge in [0.1, 0.15) is 10.6 Å². The molecule has 0 aliphatic rings. The van der Waals surface area contributed by atoms with E-state index in [2.05, 4.69) is 5.32 Å². The second kappa shape index (κ2) is 6.76. The molecular formula is C14H12Cl2N2O4S. The van der Waals surface area contributed by atoms with Crippen molar-refractivity contribution in [2.75, 3.05) is 12.4 Å². The molecule has 0 aromatic heterocycles. The fourth-order valence-electron chi connectivity index (χ4n) is 1.84. The van der Waals surface area contributed by atoms with Gasteiger partial charge in [0.15, 0.2) is 0 Å². The molecule has 0 saturated heterocycles. The van der Waals surface area contributed by atoms with Crippen molar-refractivity contribution >= 4 is 44.8 Å². The monoisotopic (exact) mass is 374 g/mol. The molecule has 0 spiro atoms. The number of benzene rings is 2. The Morgan fingerprint density at radius 3 is 2.48 bits per heavy atom. The lowest BCUT2D eigenvalue weighted by atomic mass is 10.2. The van der Waals surface area contributed by atoms with Crippen LogP contribution in [0.25, 0.3) is 0 Å². The summed E-state index contributed by atoms with van der Waals surface area (Å²) in [5.74, 6) is -0.157. The van der Waals surface area contributed by atoms with Crippen molar-refractivity contribution in [3.05, 3.63) is 52.0 Å². The normalized spacial score (nSPS) is 11.1. The summed E-state index contributed by atoms with van der Waals surface area (Å²) in [4.78, 5) is 12.0.